The first kappa shape index (κ1) is 23.5. The van der Waals surface area contributed by atoms with Crippen LogP contribution in [0.5, 0.6) is 0 Å². The van der Waals surface area contributed by atoms with Crippen molar-refractivity contribution in [3.63, 3.8) is 0 Å². The zero-order valence-electron chi connectivity index (χ0n) is 18.7. The Bertz CT molecular complexity index is 1060. The monoisotopic (exact) mass is 461 g/mol. The molecular weight excluding hydrogens is 434 g/mol. The average molecular weight is 462 g/mol. The first-order valence-electron chi connectivity index (χ1n) is 11.1. The molecule has 0 saturated carbocycles. The van der Waals surface area contributed by atoms with Crippen molar-refractivity contribution in [1.82, 2.24) is 4.90 Å². The molecule has 0 spiro atoms. The second-order valence-electron chi connectivity index (χ2n) is 8.06. The maximum absolute atomic E-state index is 12.9. The Labute approximate surface area is 198 Å². The van der Waals surface area contributed by atoms with Crippen LogP contribution in [0.25, 0.3) is 0 Å². The van der Waals surface area contributed by atoms with Gasteiger partial charge in [-0.1, -0.05) is 78.9 Å². The largest absolute Gasteiger partial charge is 0.454 e. The van der Waals surface area contributed by atoms with Crippen LogP contribution in [0.3, 0.4) is 0 Å². The molecule has 0 aliphatic carbocycles. The van der Waals surface area contributed by atoms with Crippen LogP contribution >= 0.6 is 0 Å². The van der Waals surface area contributed by atoms with Crippen molar-refractivity contribution in [1.29, 1.82) is 0 Å². The molecule has 1 saturated heterocycles. The van der Waals surface area contributed by atoms with E-state index in [9.17, 15) is 14.7 Å². The Hall–Kier alpha value is -3.68. The van der Waals surface area contributed by atoms with Gasteiger partial charge in [0.25, 0.3) is 0 Å². The van der Waals surface area contributed by atoms with E-state index in [-0.39, 0.29) is 19.8 Å². The third-order valence-corrected chi connectivity index (χ3v) is 5.63. The van der Waals surface area contributed by atoms with E-state index >= 15 is 0 Å². The zero-order valence-corrected chi connectivity index (χ0v) is 18.7. The summed E-state index contributed by atoms with van der Waals surface area (Å²) in [5.74, 6) is -0.572. The molecule has 1 heterocycles. The van der Waals surface area contributed by atoms with Crippen LogP contribution < -0.4 is 0 Å². The molecule has 0 aromatic heterocycles. The number of hydrogen-bond acceptors (Lipinski definition) is 6. The summed E-state index contributed by atoms with van der Waals surface area (Å²) in [6.45, 7) is 0.455. The molecule has 1 amide bonds. The summed E-state index contributed by atoms with van der Waals surface area (Å²) < 4.78 is 17.0. The van der Waals surface area contributed by atoms with Gasteiger partial charge in [-0.3, -0.25) is 4.90 Å². The van der Waals surface area contributed by atoms with Crippen molar-refractivity contribution < 1.29 is 28.9 Å². The minimum absolute atomic E-state index is 0.0281. The molecule has 4 rings (SSSR count). The Morgan fingerprint density at radius 1 is 0.824 bits per heavy atom. The molecule has 1 fully saturated rings. The minimum Gasteiger partial charge on any atom is -0.454 e. The molecule has 3 aromatic rings. The minimum atomic E-state index is -1.07. The van der Waals surface area contributed by atoms with Gasteiger partial charge in [0.05, 0.1) is 31.4 Å². The van der Waals surface area contributed by atoms with E-state index in [4.69, 9.17) is 14.2 Å². The first-order valence-corrected chi connectivity index (χ1v) is 11.1. The smallest absolute Gasteiger partial charge is 0.410 e. The van der Waals surface area contributed by atoms with Crippen molar-refractivity contribution in [2.45, 2.75) is 31.5 Å². The number of carbonyl (C=O) groups is 2. The van der Waals surface area contributed by atoms with Gasteiger partial charge in [0.15, 0.2) is 6.10 Å². The number of β-amino-alcohol motifs (C(OH)–C–C–N with tert-alkyl or cyclic N) is 1. The van der Waals surface area contributed by atoms with Crippen molar-refractivity contribution >= 4 is 12.1 Å². The fourth-order valence-corrected chi connectivity index (χ4v) is 3.87. The number of likely N-dealkylation sites (tertiary alicyclic amines) is 1. The Balaban J connectivity index is 1.45. The number of aliphatic hydroxyl groups is 1. The number of nitrogens with zero attached hydrogens (tertiary/aromatic N) is 1. The first-order chi connectivity index (χ1) is 16.6. The lowest BCUT2D eigenvalue weighted by atomic mass is 10.1. The van der Waals surface area contributed by atoms with Crippen LogP contribution in [0.2, 0.25) is 0 Å². The van der Waals surface area contributed by atoms with Crippen LogP contribution in [0, 0.1) is 0 Å². The number of hydrogen-bond donors (Lipinski definition) is 1. The maximum Gasteiger partial charge on any atom is 0.410 e. The van der Waals surface area contributed by atoms with Crippen molar-refractivity contribution in [2.24, 2.45) is 0 Å². The molecule has 3 aromatic carbocycles. The summed E-state index contributed by atoms with van der Waals surface area (Å²) in [6.07, 6.45) is -2.62. The maximum atomic E-state index is 12.9. The summed E-state index contributed by atoms with van der Waals surface area (Å²) in [7, 11) is 0. The molecular formula is C27H27NO6. The molecule has 3 atom stereocenters. The third-order valence-electron chi connectivity index (χ3n) is 5.63. The highest BCUT2D eigenvalue weighted by molar-refractivity contribution is 5.89. The van der Waals surface area contributed by atoms with Crippen LogP contribution in [0.15, 0.2) is 91.0 Å². The van der Waals surface area contributed by atoms with Crippen molar-refractivity contribution in [3.8, 4) is 0 Å². The summed E-state index contributed by atoms with van der Waals surface area (Å²) in [6, 6.07) is 26.8. The fraction of sp³-hybridized carbons (Fsp3) is 0.259. The molecule has 7 nitrogen and oxygen atoms in total. The predicted octanol–water partition coefficient (Wildman–Crippen LogP) is 3.81. The number of amides is 1. The summed E-state index contributed by atoms with van der Waals surface area (Å²) in [5, 5.41) is 10.7. The van der Waals surface area contributed by atoms with E-state index < -0.39 is 30.3 Å². The molecule has 34 heavy (non-hydrogen) atoms. The Morgan fingerprint density at radius 3 is 2.00 bits per heavy atom. The quantitative estimate of drug-likeness (QED) is 0.514. The molecule has 7 heteroatoms. The van der Waals surface area contributed by atoms with Gasteiger partial charge in [0, 0.05) is 0 Å². The SMILES string of the molecule is O=C(O[C@@H]1[C@@H](COCc2ccccc2)N(C(=O)OCc2ccccc2)C[C@@H]1O)c1ccccc1. The molecule has 0 unspecified atom stereocenters. The van der Waals surface area contributed by atoms with Crippen LogP contribution in [0.1, 0.15) is 21.5 Å². The van der Waals surface area contributed by atoms with Gasteiger partial charge in [-0.15, -0.1) is 0 Å². The van der Waals surface area contributed by atoms with Gasteiger partial charge in [-0.25, -0.2) is 9.59 Å². The predicted molar refractivity (Wildman–Crippen MR) is 125 cm³/mol. The molecule has 1 N–H and O–H groups in total. The molecule has 176 valence electrons. The van der Waals surface area contributed by atoms with E-state index in [1.165, 1.54) is 4.90 Å². The second kappa shape index (κ2) is 11.4. The lowest BCUT2D eigenvalue weighted by Gasteiger charge is -2.27. The highest BCUT2D eigenvalue weighted by Crippen LogP contribution is 2.25. The van der Waals surface area contributed by atoms with E-state index in [2.05, 4.69) is 0 Å². The van der Waals surface area contributed by atoms with Gasteiger partial charge in [-0.2, -0.15) is 0 Å². The zero-order chi connectivity index (χ0) is 23.8. The van der Waals surface area contributed by atoms with Crippen LogP contribution in [-0.4, -0.2) is 53.5 Å². The van der Waals surface area contributed by atoms with Gasteiger partial charge >= 0.3 is 12.1 Å². The van der Waals surface area contributed by atoms with E-state index in [1.807, 2.05) is 60.7 Å². The average Bonchev–Trinajstić information content (AvgIpc) is 3.19. The molecule has 0 radical (unpaired) electrons. The van der Waals surface area contributed by atoms with Gasteiger partial charge in [0.2, 0.25) is 0 Å². The standard InChI is InChI=1S/C27H27NO6/c29-24-16-28(27(31)33-18-21-12-6-2-7-13-21)23(19-32-17-20-10-4-1-5-11-20)25(24)34-26(30)22-14-8-3-9-15-22/h1-15,23-25,29H,16-19H2/t23-,24+,25-/m1/s1. The van der Waals surface area contributed by atoms with Gasteiger partial charge < -0.3 is 19.3 Å². The summed E-state index contributed by atoms with van der Waals surface area (Å²) >= 11 is 0. The highest BCUT2D eigenvalue weighted by atomic mass is 16.6. The number of benzene rings is 3. The van der Waals surface area contributed by atoms with Crippen molar-refractivity contribution in [3.05, 3.63) is 108 Å². The van der Waals surface area contributed by atoms with Gasteiger partial charge in [0.1, 0.15) is 12.7 Å². The Morgan fingerprint density at radius 2 is 1.38 bits per heavy atom. The van der Waals surface area contributed by atoms with E-state index in [1.54, 1.807) is 30.3 Å². The normalized spacial score (nSPS) is 19.6. The van der Waals surface area contributed by atoms with Crippen LogP contribution in [-0.2, 0) is 27.4 Å². The number of ether oxygens (including phenoxy) is 3. The Kier molecular flexibility index (Phi) is 7.91. The number of carbonyl (C=O) groups excluding carboxylic acids is 2. The molecule has 1 aliphatic heterocycles. The topological polar surface area (TPSA) is 85.3 Å². The number of aliphatic hydroxyl groups excluding tert-OH is 1. The molecule has 0 bridgehead atoms. The number of rotatable bonds is 8. The summed E-state index contributed by atoms with van der Waals surface area (Å²) in [5.41, 5.74) is 2.18. The van der Waals surface area contributed by atoms with Crippen molar-refractivity contribution in [2.75, 3.05) is 13.2 Å². The van der Waals surface area contributed by atoms with E-state index in [0.29, 0.717) is 12.2 Å². The summed E-state index contributed by atoms with van der Waals surface area (Å²) in [4.78, 5) is 26.9. The molecule has 1 aliphatic rings. The highest BCUT2D eigenvalue weighted by Gasteiger charge is 2.46. The van der Waals surface area contributed by atoms with E-state index in [0.717, 1.165) is 11.1 Å². The van der Waals surface area contributed by atoms with Crippen LogP contribution in [0.4, 0.5) is 4.79 Å². The lowest BCUT2D eigenvalue weighted by molar-refractivity contribution is -0.0285. The van der Waals surface area contributed by atoms with Gasteiger partial charge in [-0.05, 0) is 23.3 Å². The lowest BCUT2D eigenvalue weighted by Crippen LogP contribution is -2.45. The fourth-order valence-electron chi connectivity index (χ4n) is 3.87. The number of esters is 1. The third kappa shape index (κ3) is 6.01. The second-order valence-corrected chi connectivity index (χ2v) is 8.06.